The molecule has 0 aliphatic heterocycles. The number of hydrogen-bond acceptors (Lipinski definition) is 3. The SMILES string of the molecule is Cc1cccc(Sc2nc3ccccn3c2C=O)c1. The number of nitrogens with zero attached hydrogens (tertiary/aromatic N) is 2. The number of imidazole rings is 1. The second kappa shape index (κ2) is 4.90. The Morgan fingerprint density at radius 3 is 2.89 bits per heavy atom. The number of rotatable bonds is 3. The van der Waals surface area contributed by atoms with Gasteiger partial charge >= 0.3 is 0 Å². The van der Waals surface area contributed by atoms with E-state index in [1.165, 1.54) is 17.3 Å². The molecule has 94 valence electrons. The third kappa shape index (κ3) is 2.27. The van der Waals surface area contributed by atoms with Crippen LogP contribution in [0.2, 0.25) is 0 Å². The van der Waals surface area contributed by atoms with Gasteiger partial charge in [-0.15, -0.1) is 0 Å². The Kier molecular flexibility index (Phi) is 3.09. The quantitative estimate of drug-likeness (QED) is 0.681. The lowest BCUT2D eigenvalue weighted by atomic mass is 10.2. The molecule has 1 aromatic carbocycles. The Morgan fingerprint density at radius 1 is 1.21 bits per heavy atom. The van der Waals surface area contributed by atoms with E-state index in [1.54, 1.807) is 0 Å². The monoisotopic (exact) mass is 268 g/mol. The van der Waals surface area contributed by atoms with E-state index < -0.39 is 0 Å². The summed E-state index contributed by atoms with van der Waals surface area (Å²) < 4.78 is 1.81. The second-order valence-corrected chi connectivity index (χ2v) is 5.33. The molecule has 0 fully saturated rings. The number of aldehydes is 1. The van der Waals surface area contributed by atoms with Gasteiger partial charge in [0.1, 0.15) is 16.4 Å². The molecule has 19 heavy (non-hydrogen) atoms. The summed E-state index contributed by atoms with van der Waals surface area (Å²) >= 11 is 1.52. The van der Waals surface area contributed by atoms with Gasteiger partial charge in [0.15, 0.2) is 6.29 Å². The lowest BCUT2D eigenvalue weighted by molar-refractivity contribution is 0.111. The summed E-state index contributed by atoms with van der Waals surface area (Å²) in [4.78, 5) is 16.9. The van der Waals surface area contributed by atoms with Gasteiger partial charge in [0, 0.05) is 11.1 Å². The Morgan fingerprint density at radius 2 is 2.11 bits per heavy atom. The lowest BCUT2D eigenvalue weighted by Crippen LogP contribution is -1.90. The van der Waals surface area contributed by atoms with Crippen LogP contribution in [-0.4, -0.2) is 15.7 Å². The predicted octanol–water partition coefficient (Wildman–Crippen LogP) is 3.61. The Labute approximate surface area is 115 Å². The highest BCUT2D eigenvalue weighted by Gasteiger charge is 2.12. The first-order valence-corrected chi connectivity index (χ1v) is 6.76. The maximum atomic E-state index is 11.3. The molecule has 0 atom stereocenters. The molecule has 3 nitrogen and oxygen atoms in total. The van der Waals surface area contributed by atoms with Crippen LogP contribution in [0.1, 0.15) is 16.1 Å². The van der Waals surface area contributed by atoms with E-state index >= 15 is 0 Å². The van der Waals surface area contributed by atoms with Gasteiger partial charge in [-0.2, -0.15) is 0 Å². The summed E-state index contributed by atoms with van der Waals surface area (Å²) in [5, 5.41) is 0.742. The molecule has 3 aromatic rings. The summed E-state index contributed by atoms with van der Waals surface area (Å²) in [6.45, 7) is 2.05. The van der Waals surface area contributed by atoms with Crippen molar-refractivity contribution >= 4 is 23.7 Å². The van der Waals surface area contributed by atoms with Crippen LogP contribution in [0.4, 0.5) is 0 Å². The van der Waals surface area contributed by atoms with Crippen molar-refractivity contribution in [3.63, 3.8) is 0 Å². The van der Waals surface area contributed by atoms with Crippen LogP contribution in [0.5, 0.6) is 0 Å². The third-order valence-electron chi connectivity index (χ3n) is 2.85. The molecule has 2 heterocycles. The Hall–Kier alpha value is -2.07. The minimum Gasteiger partial charge on any atom is -0.296 e. The van der Waals surface area contributed by atoms with Crippen LogP contribution in [0.15, 0.2) is 58.6 Å². The molecule has 0 saturated carbocycles. The predicted molar refractivity (Wildman–Crippen MR) is 75.9 cm³/mol. The van der Waals surface area contributed by atoms with E-state index in [9.17, 15) is 4.79 Å². The van der Waals surface area contributed by atoms with E-state index in [-0.39, 0.29) is 0 Å². The highest BCUT2D eigenvalue weighted by molar-refractivity contribution is 7.99. The fourth-order valence-electron chi connectivity index (χ4n) is 1.97. The molecule has 3 rings (SSSR count). The number of fused-ring (bicyclic) bond motifs is 1. The second-order valence-electron chi connectivity index (χ2n) is 4.27. The smallest absolute Gasteiger partial charge is 0.169 e. The zero-order chi connectivity index (χ0) is 13.2. The van der Waals surface area contributed by atoms with Crippen LogP contribution in [0, 0.1) is 6.92 Å². The van der Waals surface area contributed by atoms with Crippen molar-refractivity contribution in [3.05, 3.63) is 59.9 Å². The average molecular weight is 268 g/mol. The zero-order valence-corrected chi connectivity index (χ0v) is 11.2. The van der Waals surface area contributed by atoms with Gasteiger partial charge in [0.25, 0.3) is 0 Å². The largest absolute Gasteiger partial charge is 0.296 e. The Balaban J connectivity index is 2.07. The first kappa shape index (κ1) is 12.0. The maximum Gasteiger partial charge on any atom is 0.169 e. The summed E-state index contributed by atoms with van der Waals surface area (Å²) in [5.74, 6) is 0. The van der Waals surface area contributed by atoms with Crippen molar-refractivity contribution in [1.82, 2.24) is 9.38 Å². The van der Waals surface area contributed by atoms with Gasteiger partial charge in [0.2, 0.25) is 0 Å². The molecular weight excluding hydrogens is 256 g/mol. The normalized spacial score (nSPS) is 10.8. The minimum absolute atomic E-state index is 0.599. The van der Waals surface area contributed by atoms with Crippen LogP contribution >= 0.6 is 11.8 Å². The van der Waals surface area contributed by atoms with Gasteiger partial charge < -0.3 is 0 Å². The first-order chi connectivity index (χ1) is 9.28. The zero-order valence-electron chi connectivity index (χ0n) is 10.4. The number of pyridine rings is 1. The van der Waals surface area contributed by atoms with Crippen molar-refractivity contribution in [3.8, 4) is 0 Å². The van der Waals surface area contributed by atoms with Crippen molar-refractivity contribution in [1.29, 1.82) is 0 Å². The molecule has 2 aromatic heterocycles. The molecule has 0 spiro atoms. The Bertz CT molecular complexity index is 749. The molecule has 0 unspecified atom stereocenters. The highest BCUT2D eigenvalue weighted by Crippen LogP contribution is 2.30. The number of hydrogen-bond donors (Lipinski definition) is 0. The number of aryl methyl sites for hydroxylation is 1. The van der Waals surface area contributed by atoms with Gasteiger partial charge in [-0.3, -0.25) is 9.20 Å². The van der Waals surface area contributed by atoms with E-state index in [4.69, 9.17) is 0 Å². The number of carbonyl (C=O) groups is 1. The number of benzene rings is 1. The number of aromatic nitrogens is 2. The van der Waals surface area contributed by atoms with Crippen LogP contribution < -0.4 is 0 Å². The standard InChI is InChI=1S/C15H12N2OS/c1-11-5-4-6-12(9-11)19-15-13(10-18)17-8-3-2-7-14(17)16-15/h2-10H,1H3. The molecule has 0 aliphatic rings. The summed E-state index contributed by atoms with van der Waals surface area (Å²) in [6, 6.07) is 13.9. The van der Waals surface area contributed by atoms with Gasteiger partial charge in [0.05, 0.1) is 0 Å². The molecule has 0 N–H and O–H groups in total. The topological polar surface area (TPSA) is 34.4 Å². The molecule has 0 saturated heterocycles. The summed E-state index contributed by atoms with van der Waals surface area (Å²) in [7, 11) is 0. The molecule has 0 radical (unpaired) electrons. The van der Waals surface area contributed by atoms with Gasteiger partial charge in [-0.05, 0) is 31.2 Å². The van der Waals surface area contributed by atoms with E-state index in [1.807, 2.05) is 53.9 Å². The van der Waals surface area contributed by atoms with Crippen LogP contribution in [0.25, 0.3) is 5.65 Å². The van der Waals surface area contributed by atoms with Crippen molar-refractivity contribution < 1.29 is 4.79 Å². The summed E-state index contributed by atoms with van der Waals surface area (Å²) in [5.41, 5.74) is 2.59. The fourth-order valence-corrected chi connectivity index (χ4v) is 2.97. The van der Waals surface area contributed by atoms with E-state index in [2.05, 4.69) is 11.1 Å². The maximum absolute atomic E-state index is 11.3. The van der Waals surface area contributed by atoms with Gasteiger partial charge in [-0.1, -0.05) is 35.5 Å². The van der Waals surface area contributed by atoms with E-state index in [0.717, 1.165) is 21.9 Å². The van der Waals surface area contributed by atoms with Crippen LogP contribution in [-0.2, 0) is 0 Å². The molecule has 0 aliphatic carbocycles. The highest BCUT2D eigenvalue weighted by atomic mass is 32.2. The summed E-state index contributed by atoms with van der Waals surface area (Å²) in [6.07, 6.45) is 2.71. The first-order valence-electron chi connectivity index (χ1n) is 5.95. The number of carbonyl (C=O) groups excluding carboxylic acids is 1. The van der Waals surface area contributed by atoms with Crippen LogP contribution in [0.3, 0.4) is 0 Å². The molecule has 0 amide bonds. The van der Waals surface area contributed by atoms with Crippen molar-refractivity contribution in [2.24, 2.45) is 0 Å². The average Bonchev–Trinajstić information content (AvgIpc) is 2.75. The van der Waals surface area contributed by atoms with Crippen molar-refractivity contribution in [2.45, 2.75) is 16.8 Å². The lowest BCUT2D eigenvalue weighted by Gasteiger charge is -2.00. The van der Waals surface area contributed by atoms with Crippen molar-refractivity contribution in [2.75, 3.05) is 0 Å². The fraction of sp³-hybridized carbons (Fsp3) is 0.0667. The minimum atomic E-state index is 0.599. The van der Waals surface area contributed by atoms with Gasteiger partial charge in [-0.25, -0.2) is 4.98 Å². The molecule has 0 bridgehead atoms. The molecule has 4 heteroatoms. The molecular formula is C15H12N2OS. The third-order valence-corrected chi connectivity index (χ3v) is 3.83. The van der Waals surface area contributed by atoms with E-state index in [0.29, 0.717) is 5.69 Å².